The second-order valence-electron chi connectivity index (χ2n) is 9.57. The number of benzene rings is 1. The molecule has 4 N–H and O–H groups in total. The lowest BCUT2D eigenvalue weighted by atomic mass is 9.97. The molecule has 8 heteroatoms. The second kappa shape index (κ2) is 9.11. The molecule has 0 aliphatic heterocycles. The number of nitrogens with zero attached hydrogens (tertiary/aromatic N) is 3. The maximum absolute atomic E-state index is 12.4. The minimum atomic E-state index is -0.0292. The molecule has 0 saturated heterocycles. The standard InChI is InChI=1S/C27H28N6O2.H2/c28-26-25(24-12-22(33-35-24)18-7-5-16(6-8-18)13-29-20-9-10-20)32-23(15-30-26)19-11-21(27(34)31-14-19)17-3-1-2-4-17;/h5-8,11-12,14-15,17,20,29H,1-4,9-10,13H2,(H2,28,30)(H,31,34);1H. The van der Waals surface area contributed by atoms with Gasteiger partial charge in [0.1, 0.15) is 5.69 Å². The van der Waals surface area contributed by atoms with Crippen molar-refractivity contribution in [3.05, 3.63) is 70.3 Å². The molecule has 2 fully saturated rings. The van der Waals surface area contributed by atoms with E-state index >= 15 is 0 Å². The van der Waals surface area contributed by atoms with E-state index < -0.39 is 0 Å². The summed E-state index contributed by atoms with van der Waals surface area (Å²) in [6, 6.07) is 12.7. The first-order valence-corrected chi connectivity index (χ1v) is 12.3. The van der Waals surface area contributed by atoms with Crippen molar-refractivity contribution in [2.45, 2.75) is 57.0 Å². The van der Waals surface area contributed by atoms with Gasteiger partial charge in [0, 0.05) is 43.0 Å². The molecular formula is C27H30N6O2. The number of nitrogen functional groups attached to an aromatic ring is 1. The lowest BCUT2D eigenvalue weighted by Gasteiger charge is -2.10. The molecule has 2 aliphatic carbocycles. The Hall–Kier alpha value is -3.78. The summed E-state index contributed by atoms with van der Waals surface area (Å²) in [6.45, 7) is 0.876. The summed E-state index contributed by atoms with van der Waals surface area (Å²) >= 11 is 0. The summed E-state index contributed by atoms with van der Waals surface area (Å²) in [4.78, 5) is 24.4. The fourth-order valence-electron chi connectivity index (χ4n) is 4.77. The molecule has 1 aromatic carbocycles. The SMILES string of the molecule is Nc1ncc(-c2c[nH]c(=O)c(C3CCCC3)c2)nc1-c1cc(-c2ccc(CNC3CC3)cc2)no1.[HH]. The van der Waals surface area contributed by atoms with Crippen molar-refractivity contribution in [2.24, 2.45) is 0 Å². The van der Waals surface area contributed by atoms with Crippen LogP contribution in [0.1, 0.15) is 57.0 Å². The third-order valence-corrected chi connectivity index (χ3v) is 6.99. The fraction of sp³-hybridized carbons (Fsp3) is 0.333. The monoisotopic (exact) mass is 470 g/mol. The van der Waals surface area contributed by atoms with Crippen LogP contribution in [0, 0.1) is 0 Å². The van der Waals surface area contributed by atoms with Gasteiger partial charge < -0.3 is 20.6 Å². The minimum absolute atomic E-state index is 0. The number of aromatic amines is 1. The quantitative estimate of drug-likeness (QED) is 0.351. The predicted octanol–water partition coefficient (Wildman–Crippen LogP) is 4.89. The highest BCUT2D eigenvalue weighted by Crippen LogP contribution is 2.34. The maximum Gasteiger partial charge on any atom is 0.251 e. The van der Waals surface area contributed by atoms with Crippen LogP contribution >= 0.6 is 0 Å². The summed E-state index contributed by atoms with van der Waals surface area (Å²) in [7, 11) is 0. The van der Waals surface area contributed by atoms with Crippen molar-refractivity contribution in [2.75, 3.05) is 5.73 Å². The van der Waals surface area contributed by atoms with Gasteiger partial charge in [0.25, 0.3) is 5.56 Å². The number of hydrogen-bond donors (Lipinski definition) is 3. The molecule has 35 heavy (non-hydrogen) atoms. The van der Waals surface area contributed by atoms with Crippen molar-refractivity contribution in [3.8, 4) is 34.0 Å². The Morgan fingerprint density at radius 2 is 1.86 bits per heavy atom. The van der Waals surface area contributed by atoms with E-state index in [-0.39, 0.29) is 12.8 Å². The summed E-state index contributed by atoms with van der Waals surface area (Å²) in [5.41, 5.74) is 11.7. The van der Waals surface area contributed by atoms with Gasteiger partial charge in [-0.2, -0.15) is 0 Å². The molecule has 3 aromatic heterocycles. The zero-order valence-electron chi connectivity index (χ0n) is 19.5. The molecule has 0 radical (unpaired) electrons. The highest BCUT2D eigenvalue weighted by Gasteiger charge is 2.22. The fourth-order valence-corrected chi connectivity index (χ4v) is 4.77. The summed E-state index contributed by atoms with van der Waals surface area (Å²) in [5, 5.41) is 7.76. The molecule has 4 aromatic rings. The third-order valence-electron chi connectivity index (χ3n) is 6.99. The first-order valence-electron chi connectivity index (χ1n) is 12.3. The van der Waals surface area contributed by atoms with E-state index in [0.29, 0.717) is 34.8 Å². The maximum atomic E-state index is 12.4. The molecule has 0 amide bonds. The second-order valence-corrected chi connectivity index (χ2v) is 9.57. The van der Waals surface area contributed by atoms with Crippen LogP contribution in [0.5, 0.6) is 0 Å². The molecular weight excluding hydrogens is 440 g/mol. The van der Waals surface area contributed by atoms with Crippen molar-refractivity contribution < 1.29 is 5.95 Å². The molecule has 0 spiro atoms. The Kier molecular flexibility index (Phi) is 5.66. The van der Waals surface area contributed by atoms with E-state index in [0.717, 1.165) is 48.9 Å². The summed E-state index contributed by atoms with van der Waals surface area (Å²) in [6.07, 6.45) is 10.3. The number of nitrogens with two attached hydrogens (primary N) is 1. The summed E-state index contributed by atoms with van der Waals surface area (Å²) in [5.74, 6) is 1.01. The Bertz CT molecular complexity index is 1400. The van der Waals surface area contributed by atoms with E-state index in [1.54, 1.807) is 12.4 Å². The number of pyridine rings is 1. The van der Waals surface area contributed by atoms with Gasteiger partial charge in [-0.25, -0.2) is 9.97 Å². The van der Waals surface area contributed by atoms with Gasteiger partial charge in [-0.3, -0.25) is 4.79 Å². The molecule has 6 rings (SSSR count). The van der Waals surface area contributed by atoms with Gasteiger partial charge >= 0.3 is 0 Å². The Morgan fingerprint density at radius 1 is 1.06 bits per heavy atom. The highest BCUT2D eigenvalue weighted by molar-refractivity contribution is 5.73. The van der Waals surface area contributed by atoms with Crippen LogP contribution in [0.2, 0.25) is 0 Å². The van der Waals surface area contributed by atoms with E-state index in [1.807, 2.05) is 24.3 Å². The van der Waals surface area contributed by atoms with E-state index in [1.165, 1.54) is 18.4 Å². The van der Waals surface area contributed by atoms with Crippen molar-refractivity contribution in [1.82, 2.24) is 25.4 Å². The van der Waals surface area contributed by atoms with Gasteiger partial charge in [-0.15, -0.1) is 0 Å². The van der Waals surface area contributed by atoms with Gasteiger partial charge in [0.15, 0.2) is 17.3 Å². The first kappa shape index (κ1) is 21.7. The zero-order chi connectivity index (χ0) is 23.8. The van der Waals surface area contributed by atoms with Gasteiger partial charge in [0.2, 0.25) is 0 Å². The third kappa shape index (κ3) is 4.61. The predicted molar refractivity (Wildman–Crippen MR) is 137 cm³/mol. The number of H-pyrrole nitrogens is 1. The van der Waals surface area contributed by atoms with Crippen LogP contribution in [0.3, 0.4) is 0 Å². The molecule has 0 atom stereocenters. The number of aromatic nitrogens is 4. The van der Waals surface area contributed by atoms with E-state index in [9.17, 15) is 4.79 Å². The average molecular weight is 471 g/mol. The molecule has 180 valence electrons. The van der Waals surface area contributed by atoms with Crippen LogP contribution in [0.15, 0.2) is 58.1 Å². The van der Waals surface area contributed by atoms with Crippen LogP contribution in [-0.4, -0.2) is 26.2 Å². The molecule has 2 aliphatic rings. The Labute approximate surface area is 204 Å². The lowest BCUT2D eigenvalue weighted by molar-refractivity contribution is 0.434. The molecule has 0 bridgehead atoms. The van der Waals surface area contributed by atoms with Gasteiger partial charge in [0.05, 0.1) is 11.9 Å². The van der Waals surface area contributed by atoms with Gasteiger partial charge in [-0.05, 0) is 43.2 Å². The first-order chi connectivity index (χ1) is 17.1. The van der Waals surface area contributed by atoms with E-state index in [2.05, 4.69) is 32.6 Å². The van der Waals surface area contributed by atoms with Gasteiger partial charge in [-0.1, -0.05) is 42.3 Å². The topological polar surface area (TPSA) is 123 Å². The normalized spacial score (nSPS) is 16.1. The number of anilines is 1. The van der Waals surface area contributed by atoms with Crippen LogP contribution in [0.4, 0.5) is 5.82 Å². The van der Waals surface area contributed by atoms with Crippen LogP contribution < -0.4 is 16.6 Å². The van der Waals surface area contributed by atoms with E-state index in [4.69, 9.17) is 15.2 Å². The number of nitrogens with one attached hydrogen (secondary N) is 2. The molecule has 8 nitrogen and oxygen atoms in total. The Balaban J connectivity index is 0.00000267. The minimum Gasteiger partial charge on any atom is -0.382 e. The van der Waals surface area contributed by atoms with Crippen LogP contribution in [-0.2, 0) is 6.54 Å². The summed E-state index contributed by atoms with van der Waals surface area (Å²) < 4.78 is 5.62. The lowest BCUT2D eigenvalue weighted by Crippen LogP contribution is -2.14. The number of rotatable bonds is 7. The zero-order valence-corrected chi connectivity index (χ0v) is 19.5. The molecule has 0 unspecified atom stereocenters. The Morgan fingerprint density at radius 3 is 2.63 bits per heavy atom. The molecule has 3 heterocycles. The van der Waals surface area contributed by atoms with Crippen molar-refractivity contribution in [3.63, 3.8) is 0 Å². The largest absolute Gasteiger partial charge is 0.382 e. The van der Waals surface area contributed by atoms with Crippen molar-refractivity contribution >= 4 is 5.82 Å². The van der Waals surface area contributed by atoms with Crippen LogP contribution in [0.25, 0.3) is 34.0 Å². The smallest absolute Gasteiger partial charge is 0.251 e. The highest BCUT2D eigenvalue weighted by atomic mass is 16.5. The average Bonchev–Trinajstić information content (AvgIpc) is 3.32. The van der Waals surface area contributed by atoms with Crippen molar-refractivity contribution in [1.29, 1.82) is 0 Å². The number of hydrogen-bond acceptors (Lipinski definition) is 7. The molecule has 2 saturated carbocycles.